The summed E-state index contributed by atoms with van der Waals surface area (Å²) in [4.78, 5) is 17.3. The maximum atomic E-state index is 12.8. The molecular weight excluding hydrogens is 314 g/mol. The van der Waals surface area contributed by atoms with Crippen molar-refractivity contribution in [1.29, 1.82) is 0 Å². The highest BCUT2D eigenvalue weighted by Gasteiger charge is 2.21. The lowest BCUT2D eigenvalue weighted by Gasteiger charge is -2.20. The second-order valence-electron chi connectivity index (χ2n) is 5.82. The van der Waals surface area contributed by atoms with Crippen molar-refractivity contribution in [3.05, 3.63) is 63.4 Å². The second kappa shape index (κ2) is 6.14. The topological polar surface area (TPSA) is 78.2 Å². The van der Waals surface area contributed by atoms with Crippen LogP contribution in [0.2, 0.25) is 5.02 Å². The SMILES string of the molecule is CC(C)[C@@H](N)c1nc2c(Cl)cnn2c(=O)n1Cc1ccccc1. The Hall–Kier alpha value is -2.18. The normalized spacial score (nSPS) is 12.9. The quantitative estimate of drug-likeness (QED) is 0.795. The Balaban J connectivity index is 2.22. The highest BCUT2D eigenvalue weighted by molar-refractivity contribution is 6.33. The van der Waals surface area contributed by atoms with Crippen molar-refractivity contribution >= 4 is 17.2 Å². The van der Waals surface area contributed by atoms with Crippen LogP contribution in [0.25, 0.3) is 5.65 Å². The predicted molar refractivity (Wildman–Crippen MR) is 89.6 cm³/mol. The highest BCUT2D eigenvalue weighted by atomic mass is 35.5. The Kier molecular flexibility index (Phi) is 4.19. The summed E-state index contributed by atoms with van der Waals surface area (Å²) in [6, 6.07) is 9.33. The van der Waals surface area contributed by atoms with Crippen LogP contribution in [0.3, 0.4) is 0 Å². The van der Waals surface area contributed by atoms with Gasteiger partial charge < -0.3 is 5.73 Å². The number of nitrogens with two attached hydrogens (primary N) is 1. The first-order valence-electron chi connectivity index (χ1n) is 7.42. The van der Waals surface area contributed by atoms with Crippen LogP contribution in [0, 0.1) is 5.92 Å². The van der Waals surface area contributed by atoms with E-state index in [0.717, 1.165) is 5.56 Å². The number of hydrogen-bond acceptors (Lipinski definition) is 4. The van der Waals surface area contributed by atoms with Gasteiger partial charge in [-0.2, -0.15) is 9.61 Å². The summed E-state index contributed by atoms with van der Waals surface area (Å²) >= 11 is 6.08. The number of nitrogens with zero attached hydrogens (tertiary/aromatic N) is 4. The zero-order chi connectivity index (χ0) is 16.6. The van der Waals surface area contributed by atoms with Crippen LogP contribution in [-0.4, -0.2) is 19.2 Å². The third kappa shape index (κ3) is 2.87. The Morgan fingerprint density at radius 2 is 1.96 bits per heavy atom. The Labute approximate surface area is 138 Å². The lowest BCUT2D eigenvalue weighted by molar-refractivity contribution is 0.454. The first-order chi connectivity index (χ1) is 11.0. The monoisotopic (exact) mass is 331 g/mol. The molecule has 6 nitrogen and oxygen atoms in total. The number of rotatable bonds is 4. The average molecular weight is 332 g/mol. The van der Waals surface area contributed by atoms with E-state index in [0.29, 0.717) is 23.0 Å². The van der Waals surface area contributed by atoms with Gasteiger partial charge in [-0.15, -0.1) is 0 Å². The summed E-state index contributed by atoms with van der Waals surface area (Å²) in [5.74, 6) is 0.650. The maximum absolute atomic E-state index is 12.8. The van der Waals surface area contributed by atoms with E-state index >= 15 is 0 Å². The van der Waals surface area contributed by atoms with Crippen molar-refractivity contribution in [2.75, 3.05) is 0 Å². The first-order valence-corrected chi connectivity index (χ1v) is 7.80. The molecule has 0 aliphatic rings. The second-order valence-corrected chi connectivity index (χ2v) is 6.23. The van der Waals surface area contributed by atoms with Gasteiger partial charge in [0.2, 0.25) is 0 Å². The highest BCUT2D eigenvalue weighted by Crippen LogP contribution is 2.20. The molecule has 0 spiro atoms. The molecule has 0 saturated carbocycles. The molecule has 0 unspecified atom stereocenters. The van der Waals surface area contributed by atoms with Crippen LogP contribution >= 0.6 is 11.6 Å². The van der Waals surface area contributed by atoms with Crippen molar-refractivity contribution in [3.63, 3.8) is 0 Å². The molecule has 0 bridgehead atoms. The minimum atomic E-state index is -0.373. The molecule has 0 aliphatic heterocycles. The van der Waals surface area contributed by atoms with Crippen LogP contribution in [0.15, 0.2) is 41.3 Å². The molecule has 23 heavy (non-hydrogen) atoms. The summed E-state index contributed by atoms with van der Waals surface area (Å²) in [7, 11) is 0. The fraction of sp³-hybridized carbons (Fsp3) is 0.312. The summed E-state index contributed by atoms with van der Waals surface area (Å²) < 4.78 is 2.78. The van der Waals surface area contributed by atoms with E-state index in [1.54, 1.807) is 4.57 Å². The van der Waals surface area contributed by atoms with E-state index in [2.05, 4.69) is 10.1 Å². The molecule has 1 atom stereocenters. The molecule has 0 fully saturated rings. The molecular formula is C16H18ClN5O. The standard InChI is InChI=1S/C16H18ClN5O/c1-10(2)13(18)15-20-14-12(17)8-19-22(14)16(23)21(15)9-11-6-4-3-5-7-11/h3-8,10,13H,9,18H2,1-2H3/t13-/m1/s1. The molecule has 0 radical (unpaired) electrons. The van der Waals surface area contributed by atoms with Gasteiger partial charge in [0.15, 0.2) is 5.65 Å². The third-order valence-corrected chi connectivity index (χ3v) is 4.08. The van der Waals surface area contributed by atoms with E-state index < -0.39 is 0 Å². The molecule has 2 aromatic heterocycles. The number of halogens is 1. The van der Waals surface area contributed by atoms with E-state index in [1.165, 1.54) is 10.7 Å². The molecule has 2 N–H and O–H groups in total. The van der Waals surface area contributed by atoms with Crippen molar-refractivity contribution in [1.82, 2.24) is 19.2 Å². The zero-order valence-corrected chi connectivity index (χ0v) is 13.7. The number of benzene rings is 1. The fourth-order valence-corrected chi connectivity index (χ4v) is 2.58. The van der Waals surface area contributed by atoms with Crippen LogP contribution < -0.4 is 11.4 Å². The van der Waals surface area contributed by atoms with Gasteiger partial charge >= 0.3 is 5.69 Å². The number of fused-ring (bicyclic) bond motifs is 1. The molecule has 7 heteroatoms. The van der Waals surface area contributed by atoms with Crippen LogP contribution in [0.1, 0.15) is 31.3 Å². The Morgan fingerprint density at radius 1 is 1.26 bits per heavy atom. The van der Waals surface area contributed by atoms with E-state index in [1.807, 2.05) is 44.2 Å². The summed E-state index contributed by atoms with van der Waals surface area (Å²) in [6.07, 6.45) is 1.42. The van der Waals surface area contributed by atoms with Crippen molar-refractivity contribution in [2.45, 2.75) is 26.4 Å². The maximum Gasteiger partial charge on any atom is 0.352 e. The van der Waals surface area contributed by atoms with Crippen LogP contribution in [0.4, 0.5) is 0 Å². The lowest BCUT2D eigenvalue weighted by Crippen LogP contribution is -2.35. The summed E-state index contributed by atoms with van der Waals surface area (Å²) in [5.41, 5.74) is 7.31. The minimum Gasteiger partial charge on any atom is -0.321 e. The molecule has 1 aromatic carbocycles. The fourth-order valence-electron chi connectivity index (χ4n) is 2.41. The van der Waals surface area contributed by atoms with Gasteiger partial charge in [0.25, 0.3) is 0 Å². The average Bonchev–Trinajstić information content (AvgIpc) is 2.91. The number of hydrogen-bond donors (Lipinski definition) is 1. The number of aromatic nitrogens is 4. The predicted octanol–water partition coefficient (Wildman–Crippen LogP) is 2.25. The Morgan fingerprint density at radius 3 is 2.61 bits per heavy atom. The van der Waals surface area contributed by atoms with Gasteiger partial charge in [-0.05, 0) is 11.5 Å². The van der Waals surface area contributed by atoms with Gasteiger partial charge in [0, 0.05) is 0 Å². The van der Waals surface area contributed by atoms with Crippen molar-refractivity contribution < 1.29 is 0 Å². The molecule has 0 aliphatic carbocycles. The van der Waals surface area contributed by atoms with Crippen molar-refractivity contribution in [2.24, 2.45) is 11.7 Å². The minimum absolute atomic E-state index is 0.132. The zero-order valence-electron chi connectivity index (χ0n) is 13.0. The van der Waals surface area contributed by atoms with Gasteiger partial charge in [-0.3, -0.25) is 4.57 Å². The van der Waals surface area contributed by atoms with E-state index in [-0.39, 0.29) is 17.6 Å². The lowest BCUT2D eigenvalue weighted by atomic mass is 10.0. The molecule has 3 rings (SSSR count). The molecule has 2 heterocycles. The van der Waals surface area contributed by atoms with Crippen LogP contribution in [-0.2, 0) is 6.54 Å². The van der Waals surface area contributed by atoms with Gasteiger partial charge in [0.05, 0.1) is 18.8 Å². The summed E-state index contributed by atoms with van der Waals surface area (Å²) in [6.45, 7) is 4.37. The summed E-state index contributed by atoms with van der Waals surface area (Å²) in [5, 5.41) is 4.35. The van der Waals surface area contributed by atoms with Gasteiger partial charge in [-0.25, -0.2) is 9.78 Å². The Bertz CT molecular complexity index is 885. The van der Waals surface area contributed by atoms with E-state index in [4.69, 9.17) is 17.3 Å². The third-order valence-electron chi connectivity index (χ3n) is 3.81. The molecule has 120 valence electrons. The molecule has 0 amide bonds. The van der Waals surface area contributed by atoms with E-state index in [9.17, 15) is 4.79 Å². The molecule has 0 saturated heterocycles. The largest absolute Gasteiger partial charge is 0.352 e. The van der Waals surface area contributed by atoms with Crippen LogP contribution in [0.5, 0.6) is 0 Å². The smallest absolute Gasteiger partial charge is 0.321 e. The molecule has 3 aromatic rings. The first kappa shape index (κ1) is 15.7. The van der Waals surface area contributed by atoms with Gasteiger partial charge in [-0.1, -0.05) is 55.8 Å². The van der Waals surface area contributed by atoms with Crippen molar-refractivity contribution in [3.8, 4) is 0 Å². The van der Waals surface area contributed by atoms with Gasteiger partial charge in [0.1, 0.15) is 10.8 Å².